The number of hydrogen-bond acceptors (Lipinski definition) is 5. The number of hydrogen-bond donors (Lipinski definition) is 2. The van der Waals surface area contributed by atoms with Gasteiger partial charge in [-0.25, -0.2) is 21.9 Å². The molecule has 26 heavy (non-hydrogen) atoms. The van der Waals surface area contributed by atoms with Crippen molar-refractivity contribution < 1.29 is 31.9 Å². The number of amides is 1. The highest BCUT2D eigenvalue weighted by molar-refractivity contribution is 7.88. The van der Waals surface area contributed by atoms with E-state index in [2.05, 4.69) is 5.32 Å². The van der Waals surface area contributed by atoms with Crippen molar-refractivity contribution in [1.29, 1.82) is 0 Å². The molecule has 2 rings (SSSR count). The summed E-state index contributed by atoms with van der Waals surface area (Å²) in [5, 5.41) is 11.3. The summed E-state index contributed by atoms with van der Waals surface area (Å²) in [6.45, 7) is 1.22. The summed E-state index contributed by atoms with van der Waals surface area (Å²) < 4.78 is 43.0. The van der Waals surface area contributed by atoms with Crippen molar-refractivity contribution in [3.8, 4) is 0 Å². The molecule has 1 heterocycles. The van der Waals surface area contributed by atoms with Gasteiger partial charge < -0.3 is 14.8 Å². The predicted molar refractivity (Wildman–Crippen MR) is 88.4 cm³/mol. The van der Waals surface area contributed by atoms with Crippen LogP contribution in [-0.4, -0.2) is 43.8 Å². The highest BCUT2D eigenvalue weighted by Gasteiger charge is 2.38. The van der Waals surface area contributed by atoms with Crippen LogP contribution in [0.1, 0.15) is 23.0 Å². The van der Waals surface area contributed by atoms with Crippen molar-refractivity contribution in [1.82, 2.24) is 9.62 Å². The molecule has 1 atom stereocenters. The Morgan fingerprint density at radius 1 is 1.15 bits per heavy atom. The largest absolute Gasteiger partial charge is 0.479 e. The van der Waals surface area contributed by atoms with E-state index in [1.165, 1.54) is 33.2 Å². The Morgan fingerprint density at radius 2 is 1.73 bits per heavy atom. The van der Waals surface area contributed by atoms with Gasteiger partial charge in [-0.15, -0.1) is 0 Å². The first-order valence-electron chi connectivity index (χ1n) is 7.33. The predicted octanol–water partition coefficient (Wildman–Crippen LogP) is 1.40. The fourth-order valence-corrected chi connectivity index (χ4v) is 2.88. The summed E-state index contributed by atoms with van der Waals surface area (Å²) in [5.74, 6) is -3.25. The Balaban J connectivity index is 2.33. The van der Waals surface area contributed by atoms with Crippen LogP contribution in [0.15, 0.2) is 45.9 Å². The maximum absolute atomic E-state index is 13.1. The highest BCUT2D eigenvalue weighted by Crippen LogP contribution is 2.23. The van der Waals surface area contributed by atoms with Crippen molar-refractivity contribution in [2.45, 2.75) is 17.6 Å². The zero-order valence-electron chi connectivity index (χ0n) is 14.2. The van der Waals surface area contributed by atoms with E-state index < -0.39 is 38.3 Å². The van der Waals surface area contributed by atoms with Gasteiger partial charge in [-0.1, -0.05) is 12.1 Å². The van der Waals surface area contributed by atoms with Gasteiger partial charge in [-0.2, -0.15) is 0 Å². The second kappa shape index (κ2) is 6.89. The number of carbonyl (C=O) groups excluding carboxylic acids is 1. The number of furan rings is 1. The number of sulfonamides is 1. The minimum Gasteiger partial charge on any atom is -0.479 e. The number of nitrogens with one attached hydrogen (secondary N) is 1. The lowest BCUT2D eigenvalue weighted by molar-refractivity contribution is -0.144. The summed E-state index contributed by atoms with van der Waals surface area (Å²) in [7, 11) is -1.28. The third-order valence-electron chi connectivity index (χ3n) is 3.75. The van der Waals surface area contributed by atoms with Crippen LogP contribution >= 0.6 is 0 Å². The number of nitrogens with zero attached hydrogens (tertiary/aromatic N) is 1. The number of carbonyl (C=O) groups is 2. The average molecular weight is 384 g/mol. The van der Waals surface area contributed by atoms with E-state index in [0.717, 1.165) is 28.6 Å². The molecule has 0 fully saturated rings. The second-order valence-electron chi connectivity index (χ2n) is 5.80. The summed E-state index contributed by atoms with van der Waals surface area (Å²) in [5.41, 5.74) is -1.74. The lowest BCUT2D eigenvalue weighted by atomic mass is 9.92. The van der Waals surface area contributed by atoms with E-state index in [0.29, 0.717) is 0 Å². The van der Waals surface area contributed by atoms with Crippen molar-refractivity contribution in [3.05, 3.63) is 53.5 Å². The van der Waals surface area contributed by atoms with Gasteiger partial charge in [0.2, 0.25) is 5.09 Å². The van der Waals surface area contributed by atoms with Crippen LogP contribution in [0, 0.1) is 5.82 Å². The smallest absolute Gasteiger partial charge is 0.333 e. The lowest BCUT2D eigenvalue weighted by Crippen LogP contribution is -2.49. The summed E-state index contributed by atoms with van der Waals surface area (Å²) in [6.07, 6.45) is 0. The number of aliphatic carboxylic acids is 1. The molecule has 8 nitrogen and oxygen atoms in total. The zero-order chi connectivity index (χ0) is 19.7. The fourth-order valence-electron chi connectivity index (χ4n) is 2.08. The third kappa shape index (κ3) is 3.60. The quantitative estimate of drug-likeness (QED) is 0.777. The molecule has 10 heteroatoms. The van der Waals surface area contributed by atoms with Gasteiger partial charge in [0.15, 0.2) is 11.3 Å². The van der Waals surface area contributed by atoms with E-state index in [4.69, 9.17) is 4.42 Å². The summed E-state index contributed by atoms with van der Waals surface area (Å²) in [6, 6.07) is 6.81. The Kier molecular flexibility index (Phi) is 5.19. The number of halogens is 1. The molecule has 2 aromatic rings. The molecule has 140 valence electrons. The topological polar surface area (TPSA) is 117 Å². The molecular weight excluding hydrogens is 367 g/mol. The van der Waals surface area contributed by atoms with E-state index in [1.807, 2.05) is 0 Å². The van der Waals surface area contributed by atoms with E-state index in [9.17, 15) is 27.5 Å². The van der Waals surface area contributed by atoms with Crippen molar-refractivity contribution in [3.63, 3.8) is 0 Å². The van der Waals surface area contributed by atoms with Crippen LogP contribution in [0.2, 0.25) is 0 Å². The highest BCUT2D eigenvalue weighted by atomic mass is 32.2. The molecule has 2 N–H and O–H groups in total. The Labute approximate surface area is 149 Å². The minimum absolute atomic E-state index is 0.132. The van der Waals surface area contributed by atoms with Crippen molar-refractivity contribution >= 4 is 21.9 Å². The maximum atomic E-state index is 13.1. The van der Waals surface area contributed by atoms with Crippen LogP contribution in [0.4, 0.5) is 4.39 Å². The average Bonchev–Trinajstić information content (AvgIpc) is 3.05. The van der Waals surface area contributed by atoms with Crippen LogP contribution in [0.3, 0.4) is 0 Å². The minimum atomic E-state index is -3.88. The molecule has 0 aliphatic heterocycles. The number of carboxylic acids is 1. The van der Waals surface area contributed by atoms with Gasteiger partial charge in [-0.3, -0.25) is 4.79 Å². The molecule has 1 amide bonds. The number of carboxylic acid groups (broad SMARTS) is 1. The Hall–Kier alpha value is -2.72. The monoisotopic (exact) mass is 384 g/mol. The standard InChI is InChI=1S/C16H17FN2O6S/c1-16(15(21)22,10-4-6-11(17)7-5-10)18-14(20)12-8-9-13(25-12)26(23,24)19(2)3/h4-9H,1-3H3,(H,18,20)(H,21,22). The molecule has 1 aromatic heterocycles. The number of benzene rings is 1. The lowest BCUT2D eigenvalue weighted by Gasteiger charge is -2.26. The molecule has 0 bridgehead atoms. The van der Waals surface area contributed by atoms with Gasteiger partial charge in [0.05, 0.1) is 0 Å². The zero-order valence-corrected chi connectivity index (χ0v) is 15.0. The fraction of sp³-hybridized carbons (Fsp3) is 0.250. The van der Waals surface area contributed by atoms with E-state index in [-0.39, 0.29) is 11.3 Å². The van der Waals surface area contributed by atoms with Gasteiger partial charge in [0.25, 0.3) is 15.9 Å². The van der Waals surface area contributed by atoms with Gasteiger partial charge in [-0.05, 0) is 36.8 Å². The number of rotatable bonds is 6. The van der Waals surface area contributed by atoms with Crippen molar-refractivity contribution in [2.75, 3.05) is 14.1 Å². The third-order valence-corrected chi connectivity index (χ3v) is 5.44. The molecule has 0 aliphatic carbocycles. The van der Waals surface area contributed by atoms with Crippen molar-refractivity contribution in [2.24, 2.45) is 0 Å². The first-order valence-corrected chi connectivity index (χ1v) is 8.77. The first kappa shape index (κ1) is 19.6. The van der Waals surface area contributed by atoms with E-state index in [1.54, 1.807) is 0 Å². The van der Waals surface area contributed by atoms with Gasteiger partial charge in [0.1, 0.15) is 5.82 Å². The van der Waals surface area contributed by atoms with Gasteiger partial charge in [0, 0.05) is 14.1 Å². The normalized spacial score (nSPS) is 14.0. The molecule has 1 unspecified atom stereocenters. The summed E-state index contributed by atoms with van der Waals surface area (Å²) in [4.78, 5) is 24.1. The van der Waals surface area contributed by atoms with Gasteiger partial charge >= 0.3 is 5.97 Å². The molecule has 0 radical (unpaired) electrons. The Morgan fingerprint density at radius 3 is 2.23 bits per heavy atom. The molecule has 0 saturated heterocycles. The maximum Gasteiger partial charge on any atom is 0.333 e. The van der Waals surface area contributed by atoms with Crippen LogP contribution in [-0.2, 0) is 20.4 Å². The Bertz CT molecular complexity index is 936. The first-order chi connectivity index (χ1) is 12.0. The molecular formula is C16H17FN2O6S. The van der Waals surface area contributed by atoms with E-state index >= 15 is 0 Å². The molecule has 0 aliphatic rings. The van der Waals surface area contributed by atoms with Crippen LogP contribution in [0.25, 0.3) is 0 Å². The van der Waals surface area contributed by atoms with Crippen LogP contribution < -0.4 is 5.32 Å². The molecule has 1 aromatic carbocycles. The molecule has 0 saturated carbocycles. The summed E-state index contributed by atoms with van der Waals surface area (Å²) >= 11 is 0. The SMILES string of the molecule is CN(C)S(=O)(=O)c1ccc(C(=O)NC(C)(C(=O)O)c2ccc(F)cc2)o1. The van der Waals surface area contributed by atoms with Crippen LogP contribution in [0.5, 0.6) is 0 Å². The molecule has 0 spiro atoms. The second-order valence-corrected chi connectivity index (χ2v) is 7.88.